The zero-order valence-electron chi connectivity index (χ0n) is 11.3. The number of aromatic carboxylic acids is 1. The monoisotopic (exact) mass is 306 g/mol. The lowest BCUT2D eigenvalue weighted by molar-refractivity contribution is -0.115. The Morgan fingerprint density at radius 2 is 2.05 bits per heavy atom. The lowest BCUT2D eigenvalue weighted by Gasteiger charge is -2.04. The molecule has 7 heteroatoms. The Morgan fingerprint density at radius 1 is 1.33 bits per heavy atom. The van der Waals surface area contributed by atoms with Crippen LogP contribution in [0.15, 0.2) is 30.3 Å². The van der Waals surface area contributed by atoms with Crippen LogP contribution in [-0.4, -0.2) is 22.0 Å². The van der Waals surface area contributed by atoms with Crippen LogP contribution in [0.3, 0.4) is 0 Å². The fourth-order valence-corrected chi connectivity index (χ4v) is 2.37. The number of thiazole rings is 1. The standard InChI is InChI=1S/C14H14N2O4S/c1-2-11(17)16-14-15-10(12(21-14)13(18)19)8-20-9-6-4-3-5-7-9/h3-7H,2,8H2,1H3,(H,18,19)(H,15,16,17). The molecule has 6 nitrogen and oxygen atoms in total. The van der Waals surface area contributed by atoms with Crippen LogP contribution >= 0.6 is 11.3 Å². The van der Waals surface area contributed by atoms with Gasteiger partial charge < -0.3 is 15.2 Å². The summed E-state index contributed by atoms with van der Waals surface area (Å²) < 4.78 is 5.50. The molecule has 1 aromatic carbocycles. The number of ether oxygens (including phenoxy) is 1. The minimum Gasteiger partial charge on any atom is -0.487 e. The summed E-state index contributed by atoms with van der Waals surface area (Å²) in [6.07, 6.45) is 0.303. The number of nitrogens with zero attached hydrogens (tertiary/aromatic N) is 1. The average molecular weight is 306 g/mol. The van der Waals surface area contributed by atoms with Crippen LogP contribution in [0.4, 0.5) is 5.13 Å². The van der Waals surface area contributed by atoms with E-state index in [2.05, 4.69) is 10.3 Å². The maximum Gasteiger partial charge on any atom is 0.348 e. The van der Waals surface area contributed by atoms with Gasteiger partial charge in [-0.1, -0.05) is 36.5 Å². The predicted molar refractivity (Wildman–Crippen MR) is 78.8 cm³/mol. The predicted octanol–water partition coefficient (Wildman–Crippen LogP) is 2.77. The van der Waals surface area contributed by atoms with E-state index in [0.29, 0.717) is 17.9 Å². The third-order valence-electron chi connectivity index (χ3n) is 2.58. The number of hydrogen-bond acceptors (Lipinski definition) is 5. The van der Waals surface area contributed by atoms with E-state index in [1.165, 1.54) is 0 Å². The molecule has 0 spiro atoms. The zero-order valence-corrected chi connectivity index (χ0v) is 12.1. The first-order valence-corrected chi connectivity index (χ1v) is 7.12. The second kappa shape index (κ2) is 6.85. The lowest BCUT2D eigenvalue weighted by Crippen LogP contribution is -2.09. The number of carboxylic acid groups (broad SMARTS) is 1. The Hall–Kier alpha value is -2.41. The van der Waals surface area contributed by atoms with E-state index in [9.17, 15) is 9.59 Å². The Morgan fingerprint density at radius 3 is 2.67 bits per heavy atom. The van der Waals surface area contributed by atoms with Gasteiger partial charge in [-0.2, -0.15) is 0 Å². The molecule has 0 saturated heterocycles. The van der Waals surface area contributed by atoms with Crippen molar-refractivity contribution in [2.45, 2.75) is 20.0 Å². The normalized spacial score (nSPS) is 10.1. The maximum atomic E-state index is 11.3. The van der Waals surface area contributed by atoms with Gasteiger partial charge >= 0.3 is 5.97 Å². The van der Waals surface area contributed by atoms with Crippen molar-refractivity contribution in [3.8, 4) is 5.75 Å². The molecule has 0 aliphatic carbocycles. The van der Waals surface area contributed by atoms with E-state index >= 15 is 0 Å². The first kappa shape index (κ1) is 15.0. The number of nitrogens with one attached hydrogen (secondary N) is 1. The number of hydrogen-bond donors (Lipinski definition) is 2. The number of aromatic nitrogens is 1. The van der Waals surface area contributed by atoms with Crippen LogP contribution in [0.2, 0.25) is 0 Å². The number of carbonyl (C=O) groups excluding carboxylic acids is 1. The largest absolute Gasteiger partial charge is 0.487 e. The van der Waals surface area contributed by atoms with Crippen LogP contribution in [-0.2, 0) is 11.4 Å². The second-order valence-electron chi connectivity index (χ2n) is 4.10. The van der Waals surface area contributed by atoms with Gasteiger partial charge in [-0.3, -0.25) is 4.79 Å². The summed E-state index contributed by atoms with van der Waals surface area (Å²) in [5.41, 5.74) is 0.294. The van der Waals surface area contributed by atoms with Gasteiger partial charge in [0, 0.05) is 6.42 Å². The highest BCUT2D eigenvalue weighted by Crippen LogP contribution is 2.24. The van der Waals surface area contributed by atoms with Crippen molar-refractivity contribution in [1.29, 1.82) is 0 Å². The summed E-state index contributed by atoms with van der Waals surface area (Å²) in [5.74, 6) is -0.673. The van der Waals surface area contributed by atoms with Crippen molar-refractivity contribution in [1.82, 2.24) is 4.98 Å². The first-order valence-electron chi connectivity index (χ1n) is 6.31. The van der Waals surface area contributed by atoms with Crippen molar-refractivity contribution >= 4 is 28.3 Å². The molecule has 0 fully saturated rings. The van der Waals surface area contributed by atoms with Gasteiger partial charge in [0.15, 0.2) is 5.13 Å². The van der Waals surface area contributed by atoms with Crippen LogP contribution in [0, 0.1) is 0 Å². The summed E-state index contributed by atoms with van der Waals surface area (Å²) in [4.78, 5) is 26.7. The van der Waals surface area contributed by atoms with Gasteiger partial charge in [0.25, 0.3) is 0 Å². The van der Waals surface area contributed by atoms with Crippen LogP contribution in [0.1, 0.15) is 28.7 Å². The van der Waals surface area contributed by atoms with E-state index < -0.39 is 5.97 Å². The lowest BCUT2D eigenvalue weighted by atomic mass is 10.3. The molecule has 110 valence electrons. The van der Waals surface area contributed by atoms with Crippen LogP contribution in [0.25, 0.3) is 0 Å². The Labute approximate surface area is 125 Å². The van der Waals surface area contributed by atoms with Crippen LogP contribution < -0.4 is 10.1 Å². The van der Waals surface area contributed by atoms with Gasteiger partial charge in [0.2, 0.25) is 5.91 Å². The summed E-state index contributed by atoms with van der Waals surface area (Å²) >= 11 is 0.924. The smallest absolute Gasteiger partial charge is 0.348 e. The number of carbonyl (C=O) groups is 2. The molecule has 1 amide bonds. The zero-order chi connectivity index (χ0) is 15.2. The first-order chi connectivity index (χ1) is 10.1. The van der Waals surface area contributed by atoms with Gasteiger partial charge in [-0.05, 0) is 12.1 Å². The minimum atomic E-state index is -1.09. The summed E-state index contributed by atoms with van der Waals surface area (Å²) in [7, 11) is 0. The van der Waals surface area contributed by atoms with Crippen molar-refractivity contribution < 1.29 is 19.4 Å². The van der Waals surface area contributed by atoms with Gasteiger partial charge in [0.1, 0.15) is 22.9 Å². The van der Waals surface area contributed by atoms with Crippen LogP contribution in [0.5, 0.6) is 5.75 Å². The Bertz CT molecular complexity index is 640. The SMILES string of the molecule is CCC(=O)Nc1nc(COc2ccccc2)c(C(=O)O)s1. The molecule has 0 radical (unpaired) electrons. The molecular formula is C14H14N2O4S. The summed E-state index contributed by atoms with van der Waals surface area (Å²) in [6.45, 7) is 1.74. The minimum absolute atomic E-state index is 0.0319. The number of anilines is 1. The van der Waals surface area contributed by atoms with Crippen molar-refractivity contribution in [2.75, 3.05) is 5.32 Å². The van der Waals surface area contributed by atoms with E-state index in [4.69, 9.17) is 9.84 Å². The number of para-hydroxylation sites is 1. The molecule has 2 aromatic rings. The van der Waals surface area contributed by atoms with Crippen molar-refractivity contribution in [3.63, 3.8) is 0 Å². The molecule has 0 aliphatic rings. The van der Waals surface area contributed by atoms with E-state index in [0.717, 1.165) is 11.3 Å². The third kappa shape index (κ3) is 4.03. The summed E-state index contributed by atoms with van der Waals surface area (Å²) in [5, 5.41) is 12.0. The molecule has 2 rings (SSSR count). The molecule has 0 saturated carbocycles. The molecule has 1 heterocycles. The molecule has 2 N–H and O–H groups in total. The number of rotatable bonds is 6. The fourth-order valence-electron chi connectivity index (χ4n) is 1.55. The van der Waals surface area contributed by atoms with E-state index in [-0.39, 0.29) is 22.5 Å². The maximum absolute atomic E-state index is 11.3. The third-order valence-corrected chi connectivity index (χ3v) is 3.58. The van der Waals surface area contributed by atoms with E-state index in [1.807, 2.05) is 18.2 Å². The van der Waals surface area contributed by atoms with Gasteiger partial charge in [-0.25, -0.2) is 9.78 Å². The second-order valence-corrected chi connectivity index (χ2v) is 5.10. The fraction of sp³-hybridized carbons (Fsp3) is 0.214. The van der Waals surface area contributed by atoms with Gasteiger partial charge in [0.05, 0.1) is 0 Å². The molecule has 0 aliphatic heterocycles. The molecule has 0 atom stereocenters. The molecule has 1 aromatic heterocycles. The number of benzene rings is 1. The quantitative estimate of drug-likeness (QED) is 0.856. The van der Waals surface area contributed by atoms with Gasteiger partial charge in [-0.15, -0.1) is 0 Å². The molecule has 0 bridgehead atoms. The highest BCUT2D eigenvalue weighted by molar-refractivity contribution is 7.17. The highest BCUT2D eigenvalue weighted by Gasteiger charge is 2.18. The highest BCUT2D eigenvalue weighted by atomic mass is 32.1. The topological polar surface area (TPSA) is 88.5 Å². The number of amides is 1. The molecule has 0 unspecified atom stereocenters. The molecule has 21 heavy (non-hydrogen) atoms. The van der Waals surface area contributed by atoms with Crippen molar-refractivity contribution in [3.05, 3.63) is 40.9 Å². The van der Waals surface area contributed by atoms with Crippen molar-refractivity contribution in [2.24, 2.45) is 0 Å². The Balaban J connectivity index is 2.13. The average Bonchev–Trinajstić information content (AvgIpc) is 2.89. The van der Waals surface area contributed by atoms with E-state index in [1.54, 1.807) is 19.1 Å². The number of carboxylic acids is 1. The Kier molecular flexibility index (Phi) is 4.89. The summed E-state index contributed by atoms with van der Waals surface area (Å²) in [6, 6.07) is 9.04. The molecular weight excluding hydrogens is 292 g/mol.